The standard InChI is InChI=1S/C16H21N3O4S/c1-18-11-15(9-17-18)24(20,21)19(13-4-5-13)10-12-8-14(22-2)6-7-16(12)23-3/h6-9,11,13H,4-5,10H2,1-3H3. The molecule has 1 heterocycles. The van der Waals surface area contributed by atoms with Crippen LogP contribution in [-0.2, 0) is 23.6 Å². The molecule has 2 aromatic rings. The van der Waals surface area contributed by atoms with Crippen molar-refractivity contribution in [2.45, 2.75) is 30.3 Å². The Kier molecular flexibility index (Phi) is 4.51. The lowest BCUT2D eigenvalue weighted by atomic mass is 10.2. The molecule has 0 radical (unpaired) electrons. The second-order valence-corrected chi connectivity index (χ2v) is 7.70. The van der Waals surface area contributed by atoms with Crippen LogP contribution in [0.3, 0.4) is 0 Å². The van der Waals surface area contributed by atoms with Crippen LogP contribution in [-0.4, -0.2) is 42.8 Å². The van der Waals surface area contributed by atoms with Crippen LogP contribution in [0.5, 0.6) is 11.5 Å². The topological polar surface area (TPSA) is 73.7 Å². The quantitative estimate of drug-likeness (QED) is 0.760. The van der Waals surface area contributed by atoms with Crippen molar-refractivity contribution in [1.82, 2.24) is 14.1 Å². The third-order valence-electron chi connectivity index (χ3n) is 4.06. The SMILES string of the molecule is COc1ccc(OC)c(CN(C2CC2)S(=O)(=O)c2cnn(C)c2)c1. The summed E-state index contributed by atoms with van der Waals surface area (Å²) in [6, 6.07) is 5.41. The van der Waals surface area contributed by atoms with Gasteiger partial charge in [0.2, 0.25) is 10.0 Å². The van der Waals surface area contributed by atoms with E-state index in [0.717, 1.165) is 18.4 Å². The van der Waals surface area contributed by atoms with E-state index in [-0.39, 0.29) is 17.5 Å². The van der Waals surface area contributed by atoms with Crippen LogP contribution in [0.2, 0.25) is 0 Å². The average Bonchev–Trinajstić information content (AvgIpc) is 3.31. The Morgan fingerprint density at radius 1 is 1.29 bits per heavy atom. The molecule has 0 aliphatic heterocycles. The summed E-state index contributed by atoms with van der Waals surface area (Å²) in [4.78, 5) is 0.207. The number of hydrogen-bond acceptors (Lipinski definition) is 5. The van der Waals surface area contributed by atoms with Crippen molar-refractivity contribution in [2.24, 2.45) is 7.05 Å². The highest BCUT2D eigenvalue weighted by molar-refractivity contribution is 7.89. The van der Waals surface area contributed by atoms with Gasteiger partial charge >= 0.3 is 0 Å². The van der Waals surface area contributed by atoms with Gasteiger partial charge in [0.05, 0.1) is 20.4 Å². The monoisotopic (exact) mass is 351 g/mol. The molecule has 1 aliphatic rings. The molecule has 0 unspecified atom stereocenters. The van der Waals surface area contributed by atoms with Gasteiger partial charge in [-0.25, -0.2) is 8.42 Å². The predicted molar refractivity (Wildman–Crippen MR) is 88.5 cm³/mol. The van der Waals surface area contributed by atoms with Gasteiger partial charge in [0.15, 0.2) is 0 Å². The van der Waals surface area contributed by atoms with Gasteiger partial charge in [0, 0.05) is 31.4 Å². The third-order valence-corrected chi connectivity index (χ3v) is 5.91. The lowest BCUT2D eigenvalue weighted by molar-refractivity contribution is 0.369. The normalized spacial score (nSPS) is 14.8. The zero-order valence-electron chi connectivity index (χ0n) is 14.0. The van der Waals surface area contributed by atoms with Crippen LogP contribution in [0.15, 0.2) is 35.5 Å². The minimum absolute atomic E-state index is 0.0195. The molecule has 1 aromatic heterocycles. The molecular weight excluding hydrogens is 330 g/mol. The molecule has 1 fully saturated rings. The highest BCUT2D eigenvalue weighted by atomic mass is 32.2. The van der Waals surface area contributed by atoms with Crippen molar-refractivity contribution >= 4 is 10.0 Å². The number of methoxy groups -OCH3 is 2. The maximum atomic E-state index is 13.0. The summed E-state index contributed by atoms with van der Waals surface area (Å²) in [6.45, 7) is 0.238. The van der Waals surface area contributed by atoms with Crippen molar-refractivity contribution in [3.8, 4) is 11.5 Å². The van der Waals surface area contributed by atoms with Crippen molar-refractivity contribution in [3.63, 3.8) is 0 Å². The molecule has 24 heavy (non-hydrogen) atoms. The lowest BCUT2D eigenvalue weighted by Crippen LogP contribution is -2.32. The fourth-order valence-electron chi connectivity index (χ4n) is 2.61. The van der Waals surface area contributed by atoms with Gasteiger partial charge < -0.3 is 9.47 Å². The van der Waals surface area contributed by atoms with Gasteiger partial charge in [-0.05, 0) is 31.0 Å². The minimum atomic E-state index is -3.61. The molecule has 0 atom stereocenters. The molecule has 3 rings (SSSR count). The van der Waals surface area contributed by atoms with E-state index in [1.54, 1.807) is 33.4 Å². The number of ether oxygens (including phenoxy) is 2. The summed E-state index contributed by atoms with van der Waals surface area (Å²) in [5.41, 5.74) is 0.774. The average molecular weight is 351 g/mol. The van der Waals surface area contributed by atoms with E-state index in [1.165, 1.54) is 21.4 Å². The molecular formula is C16H21N3O4S. The number of benzene rings is 1. The molecule has 7 nitrogen and oxygen atoms in total. The number of aryl methyl sites for hydroxylation is 1. The first-order chi connectivity index (χ1) is 11.5. The van der Waals surface area contributed by atoms with Gasteiger partial charge in [0.25, 0.3) is 0 Å². The Morgan fingerprint density at radius 2 is 2.04 bits per heavy atom. The van der Waals surface area contributed by atoms with Crippen LogP contribution < -0.4 is 9.47 Å². The van der Waals surface area contributed by atoms with Gasteiger partial charge in [-0.2, -0.15) is 9.40 Å². The van der Waals surface area contributed by atoms with E-state index in [0.29, 0.717) is 11.5 Å². The molecule has 0 spiro atoms. The molecule has 0 N–H and O–H groups in total. The van der Waals surface area contributed by atoms with Crippen LogP contribution >= 0.6 is 0 Å². The summed E-state index contributed by atoms with van der Waals surface area (Å²) in [5.74, 6) is 1.31. The zero-order valence-corrected chi connectivity index (χ0v) is 14.8. The summed E-state index contributed by atoms with van der Waals surface area (Å²) in [6.07, 6.45) is 4.64. The summed E-state index contributed by atoms with van der Waals surface area (Å²) in [5, 5.41) is 3.98. The molecule has 0 bridgehead atoms. The Balaban J connectivity index is 1.96. The van der Waals surface area contributed by atoms with E-state index in [9.17, 15) is 8.42 Å². The van der Waals surface area contributed by atoms with Crippen LogP contribution in [0.4, 0.5) is 0 Å². The Labute approximate surface area is 141 Å². The first-order valence-corrected chi connectivity index (χ1v) is 9.11. The van der Waals surface area contributed by atoms with Crippen LogP contribution in [0.1, 0.15) is 18.4 Å². The molecule has 130 valence electrons. The smallest absolute Gasteiger partial charge is 0.246 e. The van der Waals surface area contributed by atoms with E-state index in [1.807, 2.05) is 6.07 Å². The Morgan fingerprint density at radius 3 is 2.58 bits per heavy atom. The summed E-state index contributed by atoms with van der Waals surface area (Å²) >= 11 is 0. The highest BCUT2D eigenvalue weighted by Gasteiger charge is 2.39. The van der Waals surface area contributed by atoms with Crippen LogP contribution in [0, 0.1) is 0 Å². The zero-order chi connectivity index (χ0) is 17.3. The fraction of sp³-hybridized carbons (Fsp3) is 0.438. The third kappa shape index (κ3) is 3.25. The number of hydrogen-bond donors (Lipinski definition) is 0. The van der Waals surface area contributed by atoms with Crippen LogP contribution in [0.25, 0.3) is 0 Å². The van der Waals surface area contributed by atoms with E-state index < -0.39 is 10.0 Å². The summed E-state index contributed by atoms with van der Waals surface area (Å²) < 4.78 is 39.6. The van der Waals surface area contributed by atoms with Crippen molar-refractivity contribution in [2.75, 3.05) is 14.2 Å². The molecule has 0 saturated heterocycles. The molecule has 0 amide bonds. The molecule has 1 aromatic carbocycles. The number of aromatic nitrogens is 2. The molecule has 1 saturated carbocycles. The first kappa shape index (κ1) is 16.8. The van der Waals surface area contributed by atoms with E-state index in [4.69, 9.17) is 9.47 Å². The van der Waals surface area contributed by atoms with E-state index in [2.05, 4.69) is 5.10 Å². The van der Waals surface area contributed by atoms with Crippen molar-refractivity contribution in [3.05, 3.63) is 36.2 Å². The fourth-order valence-corrected chi connectivity index (χ4v) is 4.26. The van der Waals surface area contributed by atoms with Crippen molar-refractivity contribution in [1.29, 1.82) is 0 Å². The minimum Gasteiger partial charge on any atom is -0.497 e. The number of nitrogens with zero attached hydrogens (tertiary/aromatic N) is 3. The second kappa shape index (κ2) is 6.45. The maximum absolute atomic E-state index is 13.0. The van der Waals surface area contributed by atoms with Gasteiger partial charge in [-0.1, -0.05) is 0 Å². The number of rotatable bonds is 7. The predicted octanol–water partition coefficient (Wildman–Crippen LogP) is 1.79. The lowest BCUT2D eigenvalue weighted by Gasteiger charge is -2.22. The first-order valence-electron chi connectivity index (χ1n) is 7.67. The largest absolute Gasteiger partial charge is 0.497 e. The van der Waals surface area contributed by atoms with Gasteiger partial charge in [-0.3, -0.25) is 4.68 Å². The highest BCUT2D eigenvalue weighted by Crippen LogP contribution is 2.35. The van der Waals surface area contributed by atoms with Gasteiger partial charge in [0.1, 0.15) is 16.4 Å². The Bertz CT molecular complexity index is 828. The molecule has 8 heteroatoms. The Hall–Kier alpha value is -2.06. The second-order valence-electron chi connectivity index (χ2n) is 5.81. The molecule has 1 aliphatic carbocycles. The van der Waals surface area contributed by atoms with Gasteiger partial charge in [-0.15, -0.1) is 0 Å². The maximum Gasteiger partial charge on any atom is 0.246 e. The summed E-state index contributed by atoms with van der Waals surface area (Å²) in [7, 11) is 1.25. The van der Waals surface area contributed by atoms with Crippen molar-refractivity contribution < 1.29 is 17.9 Å². The van der Waals surface area contributed by atoms with E-state index >= 15 is 0 Å². The number of sulfonamides is 1.